The molecule has 0 radical (unpaired) electrons. The van der Waals surface area contributed by atoms with E-state index >= 15 is 0 Å². The van der Waals surface area contributed by atoms with Crippen molar-refractivity contribution >= 4 is 11.8 Å². The quantitative estimate of drug-likeness (QED) is 0.640. The summed E-state index contributed by atoms with van der Waals surface area (Å²) in [5.74, 6) is -0.881. The highest BCUT2D eigenvalue weighted by atomic mass is 16.6. The summed E-state index contributed by atoms with van der Waals surface area (Å²) in [6.45, 7) is 0.359. The van der Waals surface area contributed by atoms with Crippen LogP contribution in [-0.2, 0) is 6.42 Å². The average molecular weight is 276 g/mol. The van der Waals surface area contributed by atoms with E-state index in [1.165, 1.54) is 6.07 Å². The second kappa shape index (κ2) is 5.87. The Morgan fingerprint density at radius 1 is 1.25 bits per heavy atom. The van der Waals surface area contributed by atoms with Gasteiger partial charge < -0.3 is 14.8 Å². The van der Waals surface area contributed by atoms with Crippen molar-refractivity contribution in [3.63, 3.8) is 0 Å². The molecule has 0 aliphatic rings. The van der Waals surface area contributed by atoms with Crippen LogP contribution < -0.4 is 5.32 Å². The third kappa shape index (κ3) is 3.35. The summed E-state index contributed by atoms with van der Waals surface area (Å²) >= 11 is 0. The molecule has 0 spiro atoms. The van der Waals surface area contributed by atoms with Gasteiger partial charge in [-0.3, -0.25) is 14.9 Å². The van der Waals surface area contributed by atoms with Crippen molar-refractivity contribution < 1.29 is 19.2 Å². The van der Waals surface area contributed by atoms with Gasteiger partial charge in [-0.1, -0.05) is 12.1 Å². The van der Waals surface area contributed by atoms with Crippen molar-refractivity contribution in [3.05, 3.63) is 57.8 Å². The lowest BCUT2D eigenvalue weighted by molar-refractivity contribution is -0.402. The van der Waals surface area contributed by atoms with Gasteiger partial charge in [0.25, 0.3) is 5.91 Å². The Balaban J connectivity index is 1.85. The summed E-state index contributed by atoms with van der Waals surface area (Å²) in [6, 6.07) is 9.02. The number of aromatic hydroxyl groups is 1. The molecule has 0 atom stereocenters. The van der Waals surface area contributed by atoms with Crippen LogP contribution in [0.4, 0.5) is 5.88 Å². The summed E-state index contributed by atoms with van der Waals surface area (Å²) in [7, 11) is 0. The SMILES string of the molecule is O=C(NCCc1ccc(O)cc1)c1ccc([N+](=O)[O-])o1. The number of phenolic OH excluding ortho intramolecular Hbond substituents is 1. The van der Waals surface area contributed by atoms with E-state index in [9.17, 15) is 14.9 Å². The van der Waals surface area contributed by atoms with Crippen molar-refractivity contribution in [1.82, 2.24) is 5.32 Å². The summed E-state index contributed by atoms with van der Waals surface area (Å²) in [6.07, 6.45) is 0.578. The first-order valence-electron chi connectivity index (χ1n) is 5.86. The molecule has 0 saturated heterocycles. The molecule has 7 nitrogen and oxygen atoms in total. The van der Waals surface area contributed by atoms with Crippen LogP contribution in [0.5, 0.6) is 5.75 Å². The maximum absolute atomic E-state index is 11.7. The van der Waals surface area contributed by atoms with E-state index in [0.717, 1.165) is 11.6 Å². The predicted octanol–water partition coefficient (Wildman–Crippen LogP) is 1.87. The van der Waals surface area contributed by atoms with Gasteiger partial charge in [-0.05, 0) is 30.2 Å². The Hall–Kier alpha value is -2.83. The molecule has 0 aliphatic heterocycles. The molecule has 104 valence electrons. The number of nitrogens with one attached hydrogen (secondary N) is 1. The zero-order chi connectivity index (χ0) is 14.5. The smallest absolute Gasteiger partial charge is 0.433 e. The minimum absolute atomic E-state index is 0.0950. The first kappa shape index (κ1) is 13.6. The van der Waals surface area contributed by atoms with E-state index in [1.807, 2.05) is 0 Å². The first-order valence-corrected chi connectivity index (χ1v) is 5.86. The molecule has 2 aromatic rings. The molecule has 0 bridgehead atoms. The van der Waals surface area contributed by atoms with Gasteiger partial charge in [0.2, 0.25) is 0 Å². The number of rotatable bonds is 5. The van der Waals surface area contributed by atoms with Gasteiger partial charge in [-0.2, -0.15) is 0 Å². The fraction of sp³-hybridized carbons (Fsp3) is 0.154. The number of carbonyl (C=O) groups excluding carboxylic acids is 1. The topological polar surface area (TPSA) is 106 Å². The fourth-order valence-corrected chi connectivity index (χ4v) is 1.62. The molecule has 1 aromatic carbocycles. The van der Waals surface area contributed by atoms with Crippen LogP contribution in [0.15, 0.2) is 40.8 Å². The van der Waals surface area contributed by atoms with Crippen LogP contribution in [0.3, 0.4) is 0 Å². The lowest BCUT2D eigenvalue weighted by atomic mass is 10.1. The molecular weight excluding hydrogens is 264 g/mol. The van der Waals surface area contributed by atoms with E-state index in [-0.39, 0.29) is 11.5 Å². The van der Waals surface area contributed by atoms with Crippen molar-refractivity contribution in [3.8, 4) is 5.75 Å². The Kier molecular flexibility index (Phi) is 3.99. The maximum atomic E-state index is 11.7. The maximum Gasteiger partial charge on any atom is 0.433 e. The van der Waals surface area contributed by atoms with E-state index in [0.29, 0.717) is 13.0 Å². The zero-order valence-corrected chi connectivity index (χ0v) is 10.4. The monoisotopic (exact) mass is 276 g/mol. The number of hydrogen-bond acceptors (Lipinski definition) is 5. The van der Waals surface area contributed by atoms with Crippen LogP contribution in [0.1, 0.15) is 16.1 Å². The normalized spacial score (nSPS) is 10.2. The third-order valence-electron chi connectivity index (χ3n) is 2.63. The van der Waals surface area contributed by atoms with Crippen LogP contribution in [0.2, 0.25) is 0 Å². The van der Waals surface area contributed by atoms with Crippen molar-refractivity contribution in [2.45, 2.75) is 6.42 Å². The number of furan rings is 1. The number of benzene rings is 1. The number of amides is 1. The molecule has 0 aliphatic carbocycles. The molecule has 2 N–H and O–H groups in total. The highest BCUT2D eigenvalue weighted by molar-refractivity contribution is 5.91. The van der Waals surface area contributed by atoms with Crippen molar-refractivity contribution in [2.75, 3.05) is 6.54 Å². The van der Waals surface area contributed by atoms with Gasteiger partial charge in [0.05, 0.1) is 6.07 Å². The molecule has 0 fully saturated rings. The van der Waals surface area contributed by atoms with E-state index < -0.39 is 16.7 Å². The lowest BCUT2D eigenvalue weighted by Gasteiger charge is -2.03. The highest BCUT2D eigenvalue weighted by Crippen LogP contribution is 2.15. The molecule has 1 aromatic heterocycles. The van der Waals surface area contributed by atoms with Crippen molar-refractivity contribution in [1.29, 1.82) is 0 Å². The Labute approximate surface area is 114 Å². The summed E-state index contributed by atoms with van der Waals surface area (Å²) in [5, 5.41) is 22.1. The average Bonchev–Trinajstić information content (AvgIpc) is 2.91. The molecule has 1 amide bonds. The van der Waals surface area contributed by atoms with E-state index in [2.05, 4.69) is 5.32 Å². The van der Waals surface area contributed by atoms with E-state index in [1.54, 1.807) is 24.3 Å². The van der Waals surface area contributed by atoms with Crippen LogP contribution >= 0.6 is 0 Å². The minimum Gasteiger partial charge on any atom is -0.508 e. The Bertz CT molecular complexity index is 618. The largest absolute Gasteiger partial charge is 0.508 e. The van der Waals surface area contributed by atoms with Gasteiger partial charge in [0.15, 0.2) is 5.76 Å². The van der Waals surface area contributed by atoms with Gasteiger partial charge in [0, 0.05) is 6.54 Å². The summed E-state index contributed by atoms with van der Waals surface area (Å²) in [4.78, 5) is 21.4. The second-order valence-corrected chi connectivity index (χ2v) is 4.07. The number of hydrogen-bond donors (Lipinski definition) is 2. The van der Waals surface area contributed by atoms with Gasteiger partial charge >= 0.3 is 5.88 Å². The van der Waals surface area contributed by atoms with Gasteiger partial charge in [0.1, 0.15) is 10.7 Å². The lowest BCUT2D eigenvalue weighted by Crippen LogP contribution is -2.25. The molecule has 7 heteroatoms. The van der Waals surface area contributed by atoms with Crippen LogP contribution in [-0.4, -0.2) is 22.5 Å². The van der Waals surface area contributed by atoms with E-state index in [4.69, 9.17) is 9.52 Å². The third-order valence-corrected chi connectivity index (χ3v) is 2.63. The van der Waals surface area contributed by atoms with Gasteiger partial charge in [-0.15, -0.1) is 0 Å². The number of nitro groups is 1. The first-order chi connectivity index (χ1) is 9.56. The fourth-order valence-electron chi connectivity index (χ4n) is 1.62. The Morgan fingerprint density at radius 3 is 2.55 bits per heavy atom. The highest BCUT2D eigenvalue weighted by Gasteiger charge is 2.16. The number of phenols is 1. The van der Waals surface area contributed by atoms with Crippen molar-refractivity contribution in [2.24, 2.45) is 0 Å². The molecular formula is C13H12N2O5. The summed E-state index contributed by atoms with van der Waals surface area (Å²) < 4.78 is 4.78. The summed E-state index contributed by atoms with van der Waals surface area (Å²) in [5.41, 5.74) is 0.952. The molecule has 0 unspecified atom stereocenters. The molecule has 1 heterocycles. The standard InChI is InChI=1S/C13H12N2O5/c16-10-3-1-9(2-4-10)7-8-14-13(17)11-5-6-12(20-11)15(18)19/h1-6,16H,7-8H2,(H,14,17). The number of carbonyl (C=O) groups is 1. The molecule has 20 heavy (non-hydrogen) atoms. The van der Waals surface area contributed by atoms with Gasteiger partial charge in [-0.25, -0.2) is 0 Å². The second-order valence-electron chi connectivity index (χ2n) is 4.07. The zero-order valence-electron chi connectivity index (χ0n) is 10.4. The Morgan fingerprint density at radius 2 is 1.95 bits per heavy atom. The number of nitrogens with zero attached hydrogens (tertiary/aromatic N) is 1. The minimum atomic E-state index is -0.701. The molecule has 0 saturated carbocycles. The van der Waals surface area contributed by atoms with Crippen LogP contribution in [0.25, 0.3) is 0 Å². The molecule has 2 rings (SSSR count). The van der Waals surface area contributed by atoms with Crippen LogP contribution in [0, 0.1) is 10.1 Å². The predicted molar refractivity (Wildman–Crippen MR) is 69.5 cm³/mol.